The number of carbonyl (C=O) groups is 2. The van der Waals surface area contributed by atoms with Gasteiger partial charge in [-0.15, -0.1) is 13.2 Å². The number of rotatable bonds is 4. The van der Waals surface area contributed by atoms with Crippen molar-refractivity contribution in [3.05, 3.63) is 39.6 Å². The first kappa shape index (κ1) is 20.1. The molecule has 0 unspecified atom stereocenters. The summed E-state index contributed by atoms with van der Waals surface area (Å²) >= 11 is 2.82. The zero-order valence-electron chi connectivity index (χ0n) is 13.3. The van der Waals surface area contributed by atoms with Crippen LogP contribution in [0.5, 0.6) is 5.75 Å². The maximum atomic E-state index is 12.8. The lowest BCUT2D eigenvalue weighted by atomic mass is 10.1. The number of nitrogens with two attached hydrogens (primary N) is 1. The minimum Gasteiger partial charge on any atom is -0.478 e. The summed E-state index contributed by atoms with van der Waals surface area (Å²) in [5.74, 6) is -3.34. The van der Waals surface area contributed by atoms with Gasteiger partial charge in [-0.25, -0.2) is 9.59 Å². The van der Waals surface area contributed by atoms with Crippen molar-refractivity contribution in [2.24, 2.45) is 0 Å². The highest BCUT2D eigenvalue weighted by Crippen LogP contribution is 2.39. The number of esters is 1. The van der Waals surface area contributed by atoms with Crippen LogP contribution in [0.4, 0.5) is 18.9 Å². The number of carboxylic acids is 1. The summed E-state index contributed by atoms with van der Waals surface area (Å²) in [5, 5.41) is 18.3. The predicted molar refractivity (Wildman–Crippen MR) is 87.6 cm³/mol. The fourth-order valence-electron chi connectivity index (χ4n) is 2.20. The minimum absolute atomic E-state index is 0.231. The Balaban J connectivity index is 2.90. The number of methoxy groups -OCH3 is 1. The molecular weight excluding hydrogens is 439 g/mol. The average Bonchev–Trinajstić information content (AvgIpc) is 2.90. The number of anilines is 1. The highest BCUT2D eigenvalue weighted by Gasteiger charge is 2.35. The van der Waals surface area contributed by atoms with E-state index < -0.39 is 41.0 Å². The van der Waals surface area contributed by atoms with Crippen molar-refractivity contribution < 1.29 is 37.3 Å². The zero-order chi connectivity index (χ0) is 20.5. The molecule has 0 fully saturated rings. The van der Waals surface area contributed by atoms with E-state index in [9.17, 15) is 27.9 Å². The van der Waals surface area contributed by atoms with Crippen LogP contribution in [0.25, 0.3) is 5.69 Å². The number of ether oxygens (including phenoxy) is 2. The van der Waals surface area contributed by atoms with Gasteiger partial charge < -0.3 is 24.9 Å². The Morgan fingerprint density at radius 1 is 1.37 bits per heavy atom. The molecule has 1 heterocycles. The molecular formula is C15H9BrF3N3O5. The van der Waals surface area contributed by atoms with Gasteiger partial charge in [0.2, 0.25) is 0 Å². The largest absolute Gasteiger partial charge is 0.573 e. The Labute approximate surface area is 157 Å². The van der Waals surface area contributed by atoms with Crippen molar-refractivity contribution in [2.45, 2.75) is 6.36 Å². The van der Waals surface area contributed by atoms with Crippen LogP contribution in [-0.2, 0) is 4.74 Å². The molecule has 0 saturated heterocycles. The lowest BCUT2D eigenvalue weighted by Crippen LogP contribution is -2.20. The number of hydrogen-bond acceptors (Lipinski definition) is 6. The lowest BCUT2D eigenvalue weighted by Gasteiger charge is -2.17. The van der Waals surface area contributed by atoms with Crippen molar-refractivity contribution in [2.75, 3.05) is 12.8 Å². The maximum absolute atomic E-state index is 12.8. The van der Waals surface area contributed by atoms with E-state index >= 15 is 0 Å². The van der Waals surface area contributed by atoms with Crippen LogP contribution in [0.15, 0.2) is 22.8 Å². The quantitative estimate of drug-likeness (QED) is 0.689. The van der Waals surface area contributed by atoms with E-state index in [2.05, 4.69) is 25.4 Å². The number of aromatic carboxylic acids is 1. The van der Waals surface area contributed by atoms with E-state index in [0.717, 1.165) is 30.0 Å². The number of benzene rings is 1. The van der Waals surface area contributed by atoms with Crippen LogP contribution in [-0.4, -0.2) is 35.1 Å². The fraction of sp³-hybridized carbons (Fsp3) is 0.133. The van der Waals surface area contributed by atoms with Gasteiger partial charge in [-0.1, -0.05) is 0 Å². The normalized spacial score (nSPS) is 11.0. The molecule has 0 amide bonds. The van der Waals surface area contributed by atoms with E-state index in [4.69, 9.17) is 11.0 Å². The van der Waals surface area contributed by atoms with Crippen molar-refractivity contribution in [1.82, 2.24) is 4.57 Å². The second-order valence-corrected chi connectivity index (χ2v) is 5.79. The molecule has 1 aromatic carbocycles. The van der Waals surface area contributed by atoms with Crippen molar-refractivity contribution in [1.29, 1.82) is 5.26 Å². The summed E-state index contributed by atoms with van der Waals surface area (Å²) in [7, 11) is 1.00. The molecule has 0 saturated carbocycles. The van der Waals surface area contributed by atoms with E-state index in [-0.39, 0.29) is 15.7 Å². The Morgan fingerprint density at radius 3 is 2.48 bits per heavy atom. The maximum Gasteiger partial charge on any atom is 0.573 e. The molecule has 2 aromatic rings. The van der Waals surface area contributed by atoms with Crippen molar-refractivity contribution >= 4 is 33.6 Å². The average molecular weight is 448 g/mol. The third-order valence-electron chi connectivity index (χ3n) is 3.29. The molecule has 27 heavy (non-hydrogen) atoms. The smallest absolute Gasteiger partial charge is 0.478 e. The lowest BCUT2D eigenvalue weighted by molar-refractivity contribution is -0.274. The number of nitrogen functional groups attached to an aromatic ring is 1. The first-order valence-corrected chi connectivity index (χ1v) is 7.61. The number of hydrogen-bond donors (Lipinski definition) is 2. The van der Waals surface area contributed by atoms with Crippen LogP contribution < -0.4 is 10.5 Å². The third kappa shape index (κ3) is 3.98. The van der Waals surface area contributed by atoms with Gasteiger partial charge in [0.25, 0.3) is 0 Å². The van der Waals surface area contributed by atoms with Crippen LogP contribution in [0, 0.1) is 11.3 Å². The van der Waals surface area contributed by atoms with Gasteiger partial charge in [0, 0.05) is 6.20 Å². The van der Waals surface area contributed by atoms with Gasteiger partial charge >= 0.3 is 18.3 Å². The van der Waals surface area contributed by atoms with Crippen LogP contribution in [0.2, 0.25) is 0 Å². The summed E-state index contributed by atoms with van der Waals surface area (Å²) in [5.41, 5.74) is 3.76. The summed E-state index contributed by atoms with van der Waals surface area (Å²) in [4.78, 5) is 23.3. The van der Waals surface area contributed by atoms with Gasteiger partial charge in [0.15, 0.2) is 11.4 Å². The number of alkyl halides is 3. The number of carbonyl (C=O) groups excluding carboxylic acids is 1. The third-order valence-corrected chi connectivity index (χ3v) is 3.88. The molecule has 142 valence electrons. The van der Waals surface area contributed by atoms with Crippen LogP contribution in [0.1, 0.15) is 26.4 Å². The van der Waals surface area contributed by atoms with Gasteiger partial charge in [-0.2, -0.15) is 5.26 Å². The van der Waals surface area contributed by atoms with Gasteiger partial charge in [-0.3, -0.25) is 0 Å². The monoisotopic (exact) mass is 447 g/mol. The molecule has 0 bridgehead atoms. The molecule has 0 aliphatic heterocycles. The zero-order valence-corrected chi connectivity index (χ0v) is 14.9. The number of carboxylic acid groups (broad SMARTS) is 1. The second-order valence-electron chi connectivity index (χ2n) is 4.94. The topological polar surface area (TPSA) is 128 Å². The van der Waals surface area contributed by atoms with E-state index in [1.54, 1.807) is 6.07 Å². The van der Waals surface area contributed by atoms with Crippen molar-refractivity contribution in [3.63, 3.8) is 0 Å². The fourth-order valence-corrected chi connectivity index (χ4v) is 2.73. The highest BCUT2D eigenvalue weighted by atomic mass is 79.9. The molecule has 0 aliphatic rings. The van der Waals surface area contributed by atoms with E-state index in [1.165, 1.54) is 0 Å². The number of nitrogens with zero attached hydrogens (tertiary/aromatic N) is 2. The summed E-state index contributed by atoms with van der Waals surface area (Å²) in [6, 6.07) is 3.41. The predicted octanol–water partition coefficient (Wildman–Crippen LogP) is 3.08. The number of halogens is 4. The van der Waals surface area contributed by atoms with Gasteiger partial charge in [0.1, 0.15) is 6.07 Å². The molecule has 0 aliphatic carbocycles. The molecule has 12 heteroatoms. The Morgan fingerprint density at radius 2 is 2.00 bits per heavy atom. The molecule has 0 spiro atoms. The molecule has 1 aromatic heterocycles. The molecule has 2 rings (SSSR count). The summed E-state index contributed by atoms with van der Waals surface area (Å²) < 4.78 is 47.4. The van der Waals surface area contributed by atoms with Crippen LogP contribution >= 0.6 is 15.9 Å². The molecule has 3 N–H and O–H groups in total. The Kier molecular flexibility index (Phi) is 5.36. The van der Waals surface area contributed by atoms with E-state index in [1.807, 2.05) is 0 Å². The Bertz CT molecular complexity index is 979. The van der Waals surface area contributed by atoms with E-state index in [0.29, 0.717) is 0 Å². The summed E-state index contributed by atoms with van der Waals surface area (Å²) in [6.07, 6.45) is -4.15. The summed E-state index contributed by atoms with van der Waals surface area (Å²) in [6.45, 7) is 0. The number of aromatic nitrogens is 1. The standard InChI is InChI=1S/C15H9BrF3N3O5/c1-26-14(25)11-10(21)7(4-20)5-22(11)9-3-6(13(23)24)2-8(16)12(9)27-15(17,18)19/h2-3,5H,21H2,1H3,(H,23,24). The van der Waals surface area contributed by atoms with Gasteiger partial charge in [0.05, 0.1) is 34.1 Å². The van der Waals surface area contributed by atoms with Crippen LogP contribution in [0.3, 0.4) is 0 Å². The Hall–Kier alpha value is -3.20. The SMILES string of the molecule is COC(=O)c1c(N)c(C#N)cn1-c1cc(C(=O)O)cc(Br)c1OC(F)(F)F. The molecule has 0 atom stereocenters. The first-order chi connectivity index (χ1) is 12.5. The van der Waals surface area contributed by atoms with Crippen molar-refractivity contribution in [3.8, 4) is 17.5 Å². The first-order valence-electron chi connectivity index (χ1n) is 6.82. The van der Waals surface area contributed by atoms with Gasteiger partial charge in [-0.05, 0) is 28.1 Å². The number of nitriles is 1. The molecule has 8 nitrogen and oxygen atoms in total. The minimum atomic E-state index is -5.12. The highest BCUT2D eigenvalue weighted by molar-refractivity contribution is 9.10. The second kappa shape index (κ2) is 7.20. The molecule has 0 radical (unpaired) electrons.